The molecule has 10 heteroatoms. The van der Waals surface area contributed by atoms with Crippen molar-refractivity contribution in [2.24, 2.45) is 4.99 Å². The number of nitrogens with one attached hydrogen (secondary N) is 3. The van der Waals surface area contributed by atoms with Crippen LogP contribution in [0.5, 0.6) is 0 Å². The third-order valence-electron chi connectivity index (χ3n) is 3.90. The van der Waals surface area contributed by atoms with Gasteiger partial charge in [0.05, 0.1) is 11.5 Å². The Morgan fingerprint density at radius 2 is 1.83 bits per heavy atom. The lowest BCUT2D eigenvalue weighted by molar-refractivity contribution is 0.204. The molecule has 2 rings (SSSR count). The van der Waals surface area contributed by atoms with Gasteiger partial charge in [0.15, 0.2) is 5.96 Å². The molecule has 0 spiro atoms. The summed E-state index contributed by atoms with van der Waals surface area (Å²) in [7, 11) is -0.311. The van der Waals surface area contributed by atoms with Crippen LogP contribution in [0.2, 0.25) is 0 Å². The van der Waals surface area contributed by atoms with E-state index in [1.165, 1.54) is 12.0 Å². The van der Waals surface area contributed by atoms with Crippen molar-refractivity contribution in [2.45, 2.75) is 16.3 Å². The highest BCUT2D eigenvalue weighted by atomic mass is 127. The van der Waals surface area contributed by atoms with Crippen LogP contribution in [0.1, 0.15) is 5.56 Å². The number of guanidine groups is 1. The molecule has 0 atom stereocenters. The number of halogens is 1. The molecule has 0 aliphatic rings. The van der Waals surface area contributed by atoms with Crippen molar-refractivity contribution >= 4 is 51.7 Å². The van der Waals surface area contributed by atoms with Gasteiger partial charge in [-0.2, -0.15) is 0 Å². The third kappa shape index (κ3) is 9.65. The van der Waals surface area contributed by atoms with Crippen LogP contribution in [0.15, 0.2) is 69.4 Å². The molecule has 30 heavy (non-hydrogen) atoms. The van der Waals surface area contributed by atoms with Crippen molar-refractivity contribution in [3.8, 4) is 0 Å². The van der Waals surface area contributed by atoms with E-state index >= 15 is 0 Å². The third-order valence-corrected chi connectivity index (χ3v) is 6.37. The Morgan fingerprint density at radius 3 is 2.53 bits per heavy atom. The summed E-state index contributed by atoms with van der Waals surface area (Å²) in [5.74, 6) is 1.58. The number of ether oxygens (including phenoxy) is 1. The molecule has 0 unspecified atom stereocenters. The molecule has 0 fully saturated rings. The maximum absolute atomic E-state index is 12.3. The van der Waals surface area contributed by atoms with Gasteiger partial charge in [0.1, 0.15) is 0 Å². The highest BCUT2D eigenvalue weighted by Crippen LogP contribution is 2.15. The normalized spacial score (nSPS) is 11.6. The van der Waals surface area contributed by atoms with Gasteiger partial charge in [-0.05, 0) is 29.8 Å². The Morgan fingerprint density at radius 1 is 1.07 bits per heavy atom. The summed E-state index contributed by atoms with van der Waals surface area (Å²) in [5.41, 5.74) is 0.848. The average Bonchev–Trinajstić information content (AvgIpc) is 2.74. The van der Waals surface area contributed by atoms with E-state index < -0.39 is 10.0 Å². The zero-order valence-corrected chi connectivity index (χ0v) is 21.1. The van der Waals surface area contributed by atoms with Crippen molar-refractivity contribution in [3.05, 3.63) is 60.2 Å². The Balaban J connectivity index is 0.00000450. The monoisotopic (exact) mass is 564 g/mol. The lowest BCUT2D eigenvalue weighted by Gasteiger charge is -2.13. The number of benzene rings is 2. The fraction of sp³-hybridized carbons (Fsp3) is 0.350. The summed E-state index contributed by atoms with van der Waals surface area (Å²) >= 11 is 1.77. The highest BCUT2D eigenvalue weighted by molar-refractivity contribution is 14.0. The van der Waals surface area contributed by atoms with Gasteiger partial charge in [-0.3, -0.25) is 4.99 Å². The van der Waals surface area contributed by atoms with E-state index in [2.05, 4.69) is 32.5 Å². The molecule has 2 aromatic carbocycles. The van der Waals surface area contributed by atoms with E-state index in [9.17, 15) is 8.42 Å². The first kappa shape index (κ1) is 26.7. The van der Waals surface area contributed by atoms with Gasteiger partial charge < -0.3 is 15.4 Å². The predicted octanol–water partition coefficient (Wildman–Crippen LogP) is 2.69. The Labute approximate surface area is 200 Å². The topological polar surface area (TPSA) is 91.8 Å². The molecule has 166 valence electrons. The summed E-state index contributed by atoms with van der Waals surface area (Å²) in [5, 5.41) is 6.47. The Bertz CT molecular complexity index is 881. The van der Waals surface area contributed by atoms with Crippen LogP contribution in [0, 0.1) is 0 Å². The summed E-state index contributed by atoms with van der Waals surface area (Å²) in [4.78, 5) is 5.67. The van der Waals surface area contributed by atoms with Gasteiger partial charge in [0, 0.05) is 44.4 Å². The van der Waals surface area contributed by atoms with Gasteiger partial charge in [-0.1, -0.05) is 30.3 Å². The number of hydrogen-bond acceptors (Lipinski definition) is 5. The standard InChI is InChI=1S/C20H28N4O3S2.HI/c1-21-20(22-12-14-28-18-8-4-3-5-9-18)23-16-17-7-6-10-19(15-17)29(25,26)24-11-13-27-2;/h3-10,15,24H,11-14,16H2,1-2H3,(H2,21,22,23);1H. The fourth-order valence-corrected chi connectivity index (χ4v) is 4.32. The molecule has 0 saturated heterocycles. The molecule has 0 saturated carbocycles. The number of sulfonamides is 1. The van der Waals surface area contributed by atoms with Crippen molar-refractivity contribution in [1.29, 1.82) is 0 Å². The fourth-order valence-electron chi connectivity index (χ4n) is 2.45. The first-order chi connectivity index (χ1) is 14.0. The summed E-state index contributed by atoms with van der Waals surface area (Å²) < 4.78 is 32.0. The van der Waals surface area contributed by atoms with E-state index in [0.29, 0.717) is 19.1 Å². The number of aliphatic imine (C=N–C) groups is 1. The van der Waals surface area contributed by atoms with Gasteiger partial charge in [0.25, 0.3) is 0 Å². The molecular formula is C20H29IN4O3S2. The second-order valence-electron chi connectivity index (χ2n) is 6.05. The molecule has 0 heterocycles. The van der Waals surface area contributed by atoms with Crippen LogP contribution in [-0.4, -0.2) is 54.0 Å². The average molecular weight is 565 g/mol. The van der Waals surface area contributed by atoms with Crippen molar-refractivity contribution < 1.29 is 13.2 Å². The molecule has 2 aromatic rings. The second kappa shape index (κ2) is 14.6. The smallest absolute Gasteiger partial charge is 0.240 e. The summed E-state index contributed by atoms with van der Waals surface area (Å²) in [6.07, 6.45) is 0. The van der Waals surface area contributed by atoms with Crippen molar-refractivity contribution in [3.63, 3.8) is 0 Å². The lowest BCUT2D eigenvalue weighted by Crippen LogP contribution is -2.38. The van der Waals surface area contributed by atoms with Crippen LogP contribution < -0.4 is 15.4 Å². The first-order valence-electron chi connectivity index (χ1n) is 9.25. The van der Waals surface area contributed by atoms with E-state index in [-0.39, 0.29) is 35.4 Å². The number of thioether (sulfide) groups is 1. The number of nitrogens with zero attached hydrogens (tertiary/aromatic N) is 1. The number of rotatable bonds is 11. The largest absolute Gasteiger partial charge is 0.383 e. The van der Waals surface area contributed by atoms with E-state index in [1.807, 2.05) is 24.3 Å². The van der Waals surface area contributed by atoms with Crippen LogP contribution in [0.4, 0.5) is 0 Å². The van der Waals surface area contributed by atoms with Crippen molar-refractivity contribution in [2.75, 3.05) is 39.6 Å². The molecule has 0 amide bonds. The SMILES string of the molecule is CN=C(NCCSc1ccccc1)NCc1cccc(S(=O)(=O)NCCOC)c1.I. The van der Waals surface area contributed by atoms with E-state index in [0.717, 1.165) is 17.9 Å². The molecular weight excluding hydrogens is 535 g/mol. The highest BCUT2D eigenvalue weighted by Gasteiger charge is 2.13. The molecule has 3 N–H and O–H groups in total. The minimum atomic E-state index is -3.55. The Hall–Kier alpha value is -1.34. The minimum absolute atomic E-state index is 0. The van der Waals surface area contributed by atoms with Gasteiger partial charge >= 0.3 is 0 Å². The maximum atomic E-state index is 12.3. The zero-order chi connectivity index (χ0) is 21.0. The number of methoxy groups -OCH3 is 1. The lowest BCUT2D eigenvalue weighted by atomic mass is 10.2. The van der Waals surface area contributed by atoms with Crippen LogP contribution >= 0.6 is 35.7 Å². The predicted molar refractivity (Wildman–Crippen MR) is 134 cm³/mol. The van der Waals surface area contributed by atoms with Gasteiger partial charge in [0.2, 0.25) is 10.0 Å². The van der Waals surface area contributed by atoms with Crippen LogP contribution in [0.25, 0.3) is 0 Å². The minimum Gasteiger partial charge on any atom is -0.383 e. The van der Waals surface area contributed by atoms with Crippen LogP contribution in [-0.2, 0) is 21.3 Å². The maximum Gasteiger partial charge on any atom is 0.240 e. The molecule has 7 nitrogen and oxygen atoms in total. The van der Waals surface area contributed by atoms with E-state index in [1.54, 1.807) is 37.0 Å². The molecule has 0 radical (unpaired) electrons. The quantitative estimate of drug-likeness (QED) is 0.128. The zero-order valence-electron chi connectivity index (χ0n) is 17.1. The van der Waals surface area contributed by atoms with Crippen molar-refractivity contribution in [1.82, 2.24) is 15.4 Å². The molecule has 0 bridgehead atoms. The van der Waals surface area contributed by atoms with Gasteiger partial charge in [-0.25, -0.2) is 13.1 Å². The first-order valence-corrected chi connectivity index (χ1v) is 11.7. The van der Waals surface area contributed by atoms with Gasteiger partial charge in [-0.15, -0.1) is 35.7 Å². The molecule has 0 aliphatic heterocycles. The number of hydrogen-bond donors (Lipinski definition) is 3. The molecule has 0 aliphatic carbocycles. The second-order valence-corrected chi connectivity index (χ2v) is 8.99. The Kier molecular flexibility index (Phi) is 13.0. The summed E-state index contributed by atoms with van der Waals surface area (Å²) in [6, 6.07) is 17.1. The van der Waals surface area contributed by atoms with Crippen LogP contribution in [0.3, 0.4) is 0 Å². The summed E-state index contributed by atoms with van der Waals surface area (Å²) in [6.45, 7) is 1.79. The van der Waals surface area contributed by atoms with E-state index in [4.69, 9.17) is 4.74 Å². The molecule has 0 aromatic heterocycles.